The van der Waals surface area contributed by atoms with Crippen LogP contribution in [0.4, 0.5) is 0 Å². The summed E-state index contributed by atoms with van der Waals surface area (Å²) in [6.45, 7) is 8.93. The Balaban J connectivity index is 0.00000280. The number of aromatic nitrogens is 1. The van der Waals surface area contributed by atoms with E-state index in [2.05, 4.69) is 90.8 Å². The quantitative estimate of drug-likeness (QED) is 0.300. The summed E-state index contributed by atoms with van der Waals surface area (Å²) < 4.78 is 5.82. The summed E-state index contributed by atoms with van der Waals surface area (Å²) in [6.07, 6.45) is 1.80. The Kier molecular flexibility index (Phi) is 7.46. The summed E-state index contributed by atoms with van der Waals surface area (Å²) in [4.78, 5) is 8.66. The molecule has 150 valence electrons. The highest BCUT2D eigenvalue weighted by atomic mass is 127. The Labute approximate surface area is 184 Å². The van der Waals surface area contributed by atoms with E-state index in [0.29, 0.717) is 18.4 Å². The number of halogens is 1. The van der Waals surface area contributed by atoms with Crippen LogP contribution in [0.15, 0.2) is 58.1 Å². The summed E-state index contributed by atoms with van der Waals surface area (Å²) in [5.74, 6) is 2.25. The average Bonchev–Trinajstić information content (AvgIpc) is 3.14. The number of hydrogen-bond acceptors (Lipinski definition) is 3. The maximum Gasteiger partial charge on any atom is 0.213 e. The summed E-state index contributed by atoms with van der Waals surface area (Å²) in [7, 11) is 1.76. The maximum atomic E-state index is 5.82. The molecule has 1 aromatic heterocycles. The molecule has 28 heavy (non-hydrogen) atoms. The number of benzene rings is 2. The van der Waals surface area contributed by atoms with Crippen LogP contribution in [-0.2, 0) is 12.0 Å². The molecule has 6 heteroatoms. The SMILES string of the molecule is CN=C(NCc1ncc(C(C)(C)C)o1)NC(C)c1ccc2ccccc2c1.I. The average molecular weight is 492 g/mol. The van der Waals surface area contributed by atoms with Gasteiger partial charge in [-0.2, -0.15) is 0 Å². The van der Waals surface area contributed by atoms with Crippen molar-refractivity contribution >= 4 is 40.7 Å². The number of oxazole rings is 1. The Morgan fingerprint density at radius 2 is 1.86 bits per heavy atom. The van der Waals surface area contributed by atoms with Crippen molar-refractivity contribution in [1.29, 1.82) is 0 Å². The molecule has 0 fully saturated rings. The van der Waals surface area contributed by atoms with Gasteiger partial charge in [-0.15, -0.1) is 24.0 Å². The molecule has 5 nitrogen and oxygen atoms in total. The molecule has 0 aliphatic heterocycles. The van der Waals surface area contributed by atoms with Gasteiger partial charge in [-0.25, -0.2) is 4.98 Å². The Hall–Kier alpha value is -2.09. The maximum absolute atomic E-state index is 5.82. The van der Waals surface area contributed by atoms with E-state index in [1.807, 2.05) is 0 Å². The van der Waals surface area contributed by atoms with Crippen LogP contribution in [0.2, 0.25) is 0 Å². The van der Waals surface area contributed by atoms with Crippen molar-refractivity contribution in [3.63, 3.8) is 0 Å². The predicted molar refractivity (Wildman–Crippen MR) is 126 cm³/mol. The number of aliphatic imine (C=N–C) groups is 1. The second-order valence-electron chi connectivity index (χ2n) is 7.77. The standard InChI is InChI=1S/C22H28N4O.HI/c1-15(17-11-10-16-8-6-7-9-18(16)12-17)26-21(23-5)25-14-20-24-13-19(27-20)22(2,3)4;/h6-13,15H,14H2,1-5H3,(H2,23,25,26);1H. The van der Waals surface area contributed by atoms with Crippen molar-refractivity contribution in [1.82, 2.24) is 15.6 Å². The van der Waals surface area contributed by atoms with Gasteiger partial charge in [0.2, 0.25) is 5.89 Å². The van der Waals surface area contributed by atoms with Gasteiger partial charge >= 0.3 is 0 Å². The first-order chi connectivity index (χ1) is 12.9. The van der Waals surface area contributed by atoms with Gasteiger partial charge in [-0.3, -0.25) is 4.99 Å². The highest BCUT2D eigenvalue weighted by Crippen LogP contribution is 2.23. The first-order valence-electron chi connectivity index (χ1n) is 9.28. The summed E-state index contributed by atoms with van der Waals surface area (Å²) in [6, 6.07) is 15.0. The zero-order chi connectivity index (χ0) is 19.4. The van der Waals surface area contributed by atoms with Crippen LogP contribution in [0.3, 0.4) is 0 Å². The minimum Gasteiger partial charge on any atom is -0.443 e. The van der Waals surface area contributed by atoms with E-state index < -0.39 is 0 Å². The number of rotatable bonds is 4. The molecule has 1 unspecified atom stereocenters. The van der Waals surface area contributed by atoms with E-state index in [4.69, 9.17) is 4.42 Å². The molecule has 2 aromatic carbocycles. The molecule has 3 rings (SSSR count). The molecule has 0 radical (unpaired) electrons. The second kappa shape index (κ2) is 9.41. The van der Waals surface area contributed by atoms with Gasteiger partial charge in [0, 0.05) is 12.5 Å². The molecule has 0 saturated carbocycles. The van der Waals surface area contributed by atoms with E-state index in [0.717, 1.165) is 5.76 Å². The third-order valence-electron chi connectivity index (χ3n) is 4.55. The van der Waals surface area contributed by atoms with Crippen molar-refractivity contribution < 1.29 is 4.42 Å². The fourth-order valence-electron chi connectivity index (χ4n) is 2.86. The van der Waals surface area contributed by atoms with Crippen LogP contribution in [0.25, 0.3) is 10.8 Å². The molecule has 0 amide bonds. The highest BCUT2D eigenvalue weighted by Gasteiger charge is 2.19. The van der Waals surface area contributed by atoms with Crippen LogP contribution < -0.4 is 10.6 Å². The van der Waals surface area contributed by atoms with Gasteiger partial charge < -0.3 is 15.1 Å². The number of nitrogens with zero attached hydrogens (tertiary/aromatic N) is 2. The summed E-state index contributed by atoms with van der Waals surface area (Å²) in [5.41, 5.74) is 1.17. The molecule has 1 heterocycles. The van der Waals surface area contributed by atoms with Gasteiger partial charge in [0.05, 0.1) is 18.8 Å². The van der Waals surface area contributed by atoms with E-state index >= 15 is 0 Å². The number of hydrogen-bond donors (Lipinski definition) is 2. The van der Waals surface area contributed by atoms with Gasteiger partial charge in [-0.1, -0.05) is 57.2 Å². The first-order valence-corrected chi connectivity index (χ1v) is 9.28. The molecule has 3 aromatic rings. The smallest absolute Gasteiger partial charge is 0.213 e. The van der Waals surface area contributed by atoms with E-state index in [1.54, 1.807) is 13.2 Å². The molecule has 0 aliphatic carbocycles. The molecule has 1 atom stereocenters. The minimum absolute atomic E-state index is 0. The lowest BCUT2D eigenvalue weighted by Crippen LogP contribution is -2.38. The molecule has 2 N–H and O–H groups in total. The third-order valence-corrected chi connectivity index (χ3v) is 4.55. The Morgan fingerprint density at radius 1 is 1.14 bits per heavy atom. The van der Waals surface area contributed by atoms with Crippen LogP contribution in [0.5, 0.6) is 0 Å². The molecular formula is C22H29IN4O. The van der Waals surface area contributed by atoms with E-state index in [-0.39, 0.29) is 35.4 Å². The molecular weight excluding hydrogens is 463 g/mol. The summed E-state index contributed by atoms with van der Waals surface area (Å²) in [5, 5.41) is 9.18. The molecule has 0 saturated heterocycles. The predicted octanol–water partition coefficient (Wildman–Crippen LogP) is 5.17. The lowest BCUT2D eigenvalue weighted by molar-refractivity contribution is 0.379. The van der Waals surface area contributed by atoms with Crippen LogP contribution in [0, 0.1) is 0 Å². The first kappa shape index (κ1) is 22.2. The van der Waals surface area contributed by atoms with Gasteiger partial charge in [0.15, 0.2) is 5.96 Å². The fraction of sp³-hybridized carbons (Fsp3) is 0.364. The monoisotopic (exact) mass is 492 g/mol. The van der Waals surface area contributed by atoms with Crippen LogP contribution >= 0.6 is 24.0 Å². The zero-order valence-electron chi connectivity index (χ0n) is 17.1. The largest absolute Gasteiger partial charge is 0.443 e. The molecule has 0 bridgehead atoms. The van der Waals surface area contributed by atoms with Gasteiger partial charge in [-0.05, 0) is 29.3 Å². The van der Waals surface area contributed by atoms with Crippen molar-refractivity contribution in [3.05, 3.63) is 65.9 Å². The summed E-state index contributed by atoms with van der Waals surface area (Å²) >= 11 is 0. The highest BCUT2D eigenvalue weighted by molar-refractivity contribution is 14.0. The number of fused-ring (bicyclic) bond motifs is 1. The molecule has 0 spiro atoms. The van der Waals surface area contributed by atoms with Crippen molar-refractivity contribution in [2.24, 2.45) is 4.99 Å². The van der Waals surface area contributed by atoms with E-state index in [9.17, 15) is 0 Å². The number of nitrogens with one attached hydrogen (secondary N) is 2. The van der Waals surface area contributed by atoms with Gasteiger partial charge in [0.1, 0.15) is 5.76 Å². The minimum atomic E-state index is -0.0459. The zero-order valence-corrected chi connectivity index (χ0v) is 19.4. The third kappa shape index (κ3) is 5.47. The lowest BCUT2D eigenvalue weighted by atomic mass is 9.94. The lowest BCUT2D eigenvalue weighted by Gasteiger charge is -2.18. The van der Waals surface area contributed by atoms with Crippen LogP contribution in [-0.4, -0.2) is 18.0 Å². The normalized spacial score (nSPS) is 13.1. The fourth-order valence-corrected chi connectivity index (χ4v) is 2.86. The second-order valence-corrected chi connectivity index (χ2v) is 7.77. The molecule has 0 aliphatic rings. The van der Waals surface area contributed by atoms with Crippen molar-refractivity contribution in [2.75, 3.05) is 7.05 Å². The van der Waals surface area contributed by atoms with Crippen LogP contribution in [0.1, 0.15) is 51.0 Å². The topological polar surface area (TPSA) is 62.5 Å². The number of guanidine groups is 1. The Morgan fingerprint density at radius 3 is 2.50 bits per heavy atom. The van der Waals surface area contributed by atoms with Gasteiger partial charge in [0.25, 0.3) is 0 Å². The van der Waals surface area contributed by atoms with Crippen molar-refractivity contribution in [2.45, 2.75) is 45.7 Å². The van der Waals surface area contributed by atoms with E-state index in [1.165, 1.54) is 16.3 Å². The van der Waals surface area contributed by atoms with Crippen molar-refractivity contribution in [3.8, 4) is 0 Å². The Bertz CT molecular complexity index is 943.